The topological polar surface area (TPSA) is 89.4 Å². The summed E-state index contributed by atoms with van der Waals surface area (Å²) in [4.78, 5) is 9.89. The van der Waals surface area contributed by atoms with Gasteiger partial charge in [-0.1, -0.05) is 6.07 Å². The van der Waals surface area contributed by atoms with Gasteiger partial charge >= 0.3 is 5.69 Å². The lowest BCUT2D eigenvalue weighted by atomic mass is 9.63. The van der Waals surface area contributed by atoms with Gasteiger partial charge in [0.15, 0.2) is 0 Å². The molecule has 3 N–H and O–H groups in total. The second-order valence-electron chi connectivity index (χ2n) is 4.47. The second kappa shape index (κ2) is 4.05. The highest BCUT2D eigenvalue weighted by Gasteiger charge is 2.44. The number of hydrogen-bond donors (Lipinski definition) is 2. The van der Waals surface area contributed by atoms with Crippen molar-refractivity contribution in [2.24, 2.45) is 5.73 Å². The van der Waals surface area contributed by atoms with Gasteiger partial charge in [-0.25, -0.2) is 0 Å². The minimum absolute atomic E-state index is 0.285. The van der Waals surface area contributed by atoms with Crippen molar-refractivity contribution < 1.29 is 14.4 Å². The Labute approximate surface area is 97.2 Å². The highest BCUT2D eigenvalue weighted by molar-refractivity contribution is 5.41. The van der Waals surface area contributed by atoms with E-state index in [1.165, 1.54) is 12.1 Å². The van der Waals surface area contributed by atoms with Crippen LogP contribution in [-0.2, 0) is 5.41 Å². The summed E-state index contributed by atoms with van der Waals surface area (Å²) < 4.78 is 13.2. The summed E-state index contributed by atoms with van der Waals surface area (Å²) in [6, 6.07) is 3.80. The molecule has 1 aromatic rings. The van der Waals surface area contributed by atoms with Crippen LogP contribution in [0.3, 0.4) is 0 Å². The molecule has 0 unspecified atom stereocenters. The molecule has 5 nitrogen and oxygen atoms in total. The summed E-state index contributed by atoms with van der Waals surface area (Å²) in [5.41, 5.74) is 5.28. The van der Waals surface area contributed by atoms with E-state index in [0.717, 1.165) is 6.07 Å². The van der Waals surface area contributed by atoms with E-state index in [4.69, 9.17) is 5.73 Å². The van der Waals surface area contributed by atoms with Gasteiger partial charge in [-0.05, 0) is 24.5 Å². The number of benzene rings is 1. The summed E-state index contributed by atoms with van der Waals surface area (Å²) in [6.07, 6.45) is 0.501. The third-order valence-corrected chi connectivity index (χ3v) is 3.40. The van der Waals surface area contributed by atoms with Gasteiger partial charge in [0.2, 0.25) is 5.82 Å². The number of rotatable bonds is 3. The number of halogens is 1. The maximum Gasteiger partial charge on any atom is 0.305 e. The van der Waals surface area contributed by atoms with Crippen LogP contribution in [0.5, 0.6) is 0 Å². The Bertz CT molecular complexity index is 458. The fourth-order valence-corrected chi connectivity index (χ4v) is 2.34. The van der Waals surface area contributed by atoms with E-state index in [1.54, 1.807) is 0 Å². The molecule has 0 saturated heterocycles. The van der Waals surface area contributed by atoms with Crippen molar-refractivity contribution in [1.29, 1.82) is 0 Å². The Balaban J connectivity index is 2.39. The molecule has 1 aliphatic rings. The van der Waals surface area contributed by atoms with E-state index in [-0.39, 0.29) is 6.54 Å². The number of aliphatic hydroxyl groups is 1. The van der Waals surface area contributed by atoms with E-state index in [1.807, 2.05) is 0 Å². The van der Waals surface area contributed by atoms with Gasteiger partial charge in [-0.2, -0.15) is 4.39 Å². The van der Waals surface area contributed by atoms with Crippen LogP contribution in [0, 0.1) is 15.9 Å². The second-order valence-corrected chi connectivity index (χ2v) is 4.47. The van der Waals surface area contributed by atoms with E-state index in [0.29, 0.717) is 18.4 Å². The number of nitro groups is 1. The van der Waals surface area contributed by atoms with E-state index in [2.05, 4.69) is 0 Å². The SMILES string of the molecule is NCC1(c2ccc(F)c([N+](=O)[O-])c2)CC(O)C1. The van der Waals surface area contributed by atoms with Crippen LogP contribution in [0.15, 0.2) is 18.2 Å². The predicted molar refractivity (Wildman–Crippen MR) is 59.0 cm³/mol. The molecular formula is C11H13FN2O3. The lowest BCUT2D eigenvalue weighted by Crippen LogP contribution is -2.49. The Morgan fingerprint density at radius 1 is 1.59 bits per heavy atom. The minimum Gasteiger partial charge on any atom is -0.393 e. The van der Waals surface area contributed by atoms with Crippen molar-refractivity contribution in [1.82, 2.24) is 0 Å². The summed E-state index contributed by atoms with van der Waals surface area (Å²) >= 11 is 0. The number of hydrogen-bond acceptors (Lipinski definition) is 4. The van der Waals surface area contributed by atoms with Gasteiger partial charge in [0.25, 0.3) is 0 Å². The zero-order valence-corrected chi connectivity index (χ0v) is 9.10. The number of nitrogens with zero attached hydrogens (tertiary/aromatic N) is 1. The minimum atomic E-state index is -0.856. The van der Waals surface area contributed by atoms with Gasteiger partial charge < -0.3 is 10.8 Å². The standard InChI is InChI=1S/C11H13FN2O3/c12-9-2-1-7(3-10(9)14(16)17)11(6-13)4-8(15)5-11/h1-3,8,15H,4-6,13H2. The van der Waals surface area contributed by atoms with Crippen LogP contribution in [0.1, 0.15) is 18.4 Å². The molecule has 1 aliphatic carbocycles. The zero-order chi connectivity index (χ0) is 12.6. The third-order valence-electron chi connectivity index (χ3n) is 3.40. The summed E-state index contributed by atoms with van der Waals surface area (Å²) in [5, 5.41) is 20.0. The molecule has 0 aliphatic heterocycles. The Morgan fingerprint density at radius 3 is 2.71 bits per heavy atom. The van der Waals surface area contributed by atoms with Gasteiger partial charge in [0.1, 0.15) is 0 Å². The van der Waals surface area contributed by atoms with Crippen molar-refractivity contribution >= 4 is 5.69 Å². The highest BCUT2D eigenvalue weighted by atomic mass is 19.1. The molecule has 6 heteroatoms. The fourth-order valence-electron chi connectivity index (χ4n) is 2.34. The molecule has 0 bridgehead atoms. The molecule has 0 spiro atoms. The lowest BCUT2D eigenvalue weighted by molar-refractivity contribution is -0.387. The Morgan fingerprint density at radius 2 is 2.24 bits per heavy atom. The maximum atomic E-state index is 13.2. The molecule has 0 radical (unpaired) electrons. The molecule has 0 aromatic heterocycles. The van der Waals surface area contributed by atoms with Gasteiger partial charge in [-0.3, -0.25) is 10.1 Å². The van der Waals surface area contributed by atoms with Crippen LogP contribution in [-0.4, -0.2) is 22.7 Å². The van der Waals surface area contributed by atoms with E-state index < -0.39 is 27.9 Å². The maximum absolute atomic E-state index is 13.2. The van der Waals surface area contributed by atoms with Crippen molar-refractivity contribution in [3.8, 4) is 0 Å². The van der Waals surface area contributed by atoms with Crippen molar-refractivity contribution in [3.63, 3.8) is 0 Å². The van der Waals surface area contributed by atoms with Crippen LogP contribution < -0.4 is 5.73 Å². The molecule has 92 valence electrons. The number of nitrogens with two attached hydrogens (primary N) is 1. The zero-order valence-electron chi connectivity index (χ0n) is 9.10. The largest absolute Gasteiger partial charge is 0.393 e. The highest BCUT2D eigenvalue weighted by Crippen LogP contribution is 2.44. The first-order valence-electron chi connectivity index (χ1n) is 5.31. The Hall–Kier alpha value is -1.53. The summed E-state index contributed by atoms with van der Waals surface area (Å²) in [7, 11) is 0. The summed E-state index contributed by atoms with van der Waals surface area (Å²) in [5.74, 6) is -0.856. The fraction of sp³-hybridized carbons (Fsp3) is 0.455. The molecular weight excluding hydrogens is 227 g/mol. The van der Waals surface area contributed by atoms with Crippen LogP contribution >= 0.6 is 0 Å². The van der Waals surface area contributed by atoms with Gasteiger partial charge in [-0.15, -0.1) is 0 Å². The predicted octanol–water partition coefficient (Wildman–Crippen LogP) is 1.09. The van der Waals surface area contributed by atoms with Crippen LogP contribution in [0.4, 0.5) is 10.1 Å². The molecule has 1 aromatic carbocycles. The first-order chi connectivity index (χ1) is 7.98. The smallest absolute Gasteiger partial charge is 0.305 e. The van der Waals surface area contributed by atoms with Crippen molar-refractivity contribution in [2.45, 2.75) is 24.4 Å². The molecule has 17 heavy (non-hydrogen) atoms. The third kappa shape index (κ3) is 1.89. The van der Waals surface area contributed by atoms with E-state index in [9.17, 15) is 19.6 Å². The van der Waals surface area contributed by atoms with Crippen LogP contribution in [0.2, 0.25) is 0 Å². The van der Waals surface area contributed by atoms with Crippen LogP contribution in [0.25, 0.3) is 0 Å². The molecule has 1 saturated carbocycles. The van der Waals surface area contributed by atoms with Gasteiger partial charge in [0, 0.05) is 18.0 Å². The average Bonchev–Trinajstić information content (AvgIpc) is 2.25. The average molecular weight is 240 g/mol. The summed E-state index contributed by atoms with van der Waals surface area (Å²) in [6.45, 7) is 0.285. The van der Waals surface area contributed by atoms with E-state index >= 15 is 0 Å². The number of nitro benzene ring substituents is 1. The molecule has 0 atom stereocenters. The Kier molecular flexibility index (Phi) is 2.84. The quantitative estimate of drug-likeness (QED) is 0.611. The first-order valence-corrected chi connectivity index (χ1v) is 5.31. The van der Waals surface area contributed by atoms with Crippen molar-refractivity contribution in [3.05, 3.63) is 39.7 Å². The molecule has 1 fully saturated rings. The normalized spacial score (nSPS) is 27.6. The molecule has 2 rings (SSSR count). The lowest BCUT2D eigenvalue weighted by Gasteiger charge is -2.45. The number of aliphatic hydroxyl groups excluding tert-OH is 1. The van der Waals surface area contributed by atoms with Gasteiger partial charge in [0.05, 0.1) is 11.0 Å². The van der Waals surface area contributed by atoms with Crippen molar-refractivity contribution in [2.75, 3.05) is 6.54 Å². The molecule has 0 amide bonds. The monoisotopic (exact) mass is 240 g/mol. The first kappa shape index (κ1) is 11.9. The molecule has 0 heterocycles.